The highest BCUT2D eigenvalue weighted by molar-refractivity contribution is 7.80. The van der Waals surface area contributed by atoms with Gasteiger partial charge in [-0.15, -0.1) is 0 Å². The van der Waals surface area contributed by atoms with Gasteiger partial charge in [0.05, 0.1) is 30.7 Å². The predicted molar refractivity (Wildman–Crippen MR) is 146 cm³/mol. The van der Waals surface area contributed by atoms with Gasteiger partial charge in [-0.3, -0.25) is 9.59 Å². The molecule has 9 nitrogen and oxygen atoms in total. The third kappa shape index (κ3) is 5.10. The SMILES string of the molecule is COC[C@H]1O[C@@H](C)C[C@@H]1NC(=S)Nc1ccc(-c2c3ccc(=O)cc-3oc3c2C=CC(=O)C3)c(C(=O)O)c1. The molecule has 38 heavy (non-hydrogen) atoms. The van der Waals surface area contributed by atoms with Crippen LogP contribution in [0.25, 0.3) is 28.5 Å². The Bertz CT molecular complexity index is 1490. The minimum Gasteiger partial charge on any atom is -0.478 e. The Morgan fingerprint density at radius 2 is 1.95 bits per heavy atom. The molecule has 0 spiro atoms. The van der Waals surface area contributed by atoms with Gasteiger partial charge in [-0.2, -0.15) is 0 Å². The lowest BCUT2D eigenvalue weighted by Crippen LogP contribution is -2.44. The van der Waals surface area contributed by atoms with Crippen molar-refractivity contribution in [3.8, 4) is 22.5 Å². The van der Waals surface area contributed by atoms with Crippen molar-refractivity contribution in [2.75, 3.05) is 19.0 Å². The minimum absolute atomic E-state index is 0.0212. The highest BCUT2D eigenvalue weighted by atomic mass is 32.1. The molecule has 0 aromatic heterocycles. The third-order valence-electron chi connectivity index (χ3n) is 6.66. The van der Waals surface area contributed by atoms with Gasteiger partial charge in [0.25, 0.3) is 0 Å². The Labute approximate surface area is 223 Å². The second-order valence-electron chi connectivity index (χ2n) is 9.39. The number of carboxylic acid groups (broad SMARTS) is 1. The zero-order valence-corrected chi connectivity index (χ0v) is 21.6. The molecule has 0 amide bonds. The van der Waals surface area contributed by atoms with Crippen molar-refractivity contribution < 1.29 is 28.6 Å². The van der Waals surface area contributed by atoms with E-state index in [-0.39, 0.29) is 47.2 Å². The monoisotopic (exact) mass is 534 g/mol. The Morgan fingerprint density at radius 1 is 1.16 bits per heavy atom. The lowest BCUT2D eigenvalue weighted by molar-refractivity contribution is -0.114. The number of methoxy groups -OCH3 is 1. The minimum atomic E-state index is -1.14. The van der Waals surface area contributed by atoms with Crippen LogP contribution in [0.5, 0.6) is 0 Å². The van der Waals surface area contributed by atoms with Crippen molar-refractivity contribution in [2.45, 2.75) is 38.0 Å². The van der Waals surface area contributed by atoms with Gasteiger partial charge in [0.1, 0.15) is 17.6 Å². The van der Waals surface area contributed by atoms with Gasteiger partial charge in [-0.25, -0.2) is 4.79 Å². The molecule has 3 atom stereocenters. The average molecular weight is 535 g/mol. The number of hydrogen-bond donors (Lipinski definition) is 3. The molecule has 4 aliphatic rings. The van der Waals surface area contributed by atoms with E-state index in [4.69, 9.17) is 26.1 Å². The first kappa shape index (κ1) is 25.8. The van der Waals surface area contributed by atoms with Crippen LogP contribution in [-0.4, -0.2) is 53.9 Å². The molecule has 2 aliphatic heterocycles. The molecular weight excluding hydrogens is 508 g/mol. The topological polar surface area (TPSA) is 127 Å². The maximum absolute atomic E-state index is 12.4. The molecule has 5 rings (SSSR count). The quantitative estimate of drug-likeness (QED) is 0.403. The fourth-order valence-electron chi connectivity index (χ4n) is 5.04. The molecule has 1 saturated heterocycles. The number of allylic oxidation sites excluding steroid dienone is 1. The lowest BCUT2D eigenvalue weighted by atomic mass is 9.86. The van der Waals surface area contributed by atoms with E-state index in [9.17, 15) is 19.5 Å². The Balaban J connectivity index is 1.51. The van der Waals surface area contributed by atoms with Crippen molar-refractivity contribution in [3.05, 3.63) is 69.6 Å². The summed E-state index contributed by atoms with van der Waals surface area (Å²) < 4.78 is 17.0. The van der Waals surface area contributed by atoms with E-state index in [1.54, 1.807) is 31.4 Å². The molecule has 10 heteroatoms. The van der Waals surface area contributed by atoms with E-state index in [1.165, 1.54) is 24.3 Å². The predicted octanol–water partition coefficient (Wildman–Crippen LogP) is 3.73. The zero-order chi connectivity index (χ0) is 27.0. The molecule has 1 fully saturated rings. The van der Waals surface area contributed by atoms with E-state index in [1.807, 2.05) is 6.92 Å². The molecule has 2 aliphatic carbocycles. The summed E-state index contributed by atoms with van der Waals surface area (Å²) in [4.78, 5) is 36.5. The van der Waals surface area contributed by atoms with E-state index in [2.05, 4.69) is 10.6 Å². The fraction of sp³-hybridized carbons (Fsp3) is 0.286. The lowest BCUT2D eigenvalue weighted by Gasteiger charge is -2.22. The molecule has 3 N–H and O–H groups in total. The number of carboxylic acids is 1. The molecule has 0 saturated carbocycles. The molecule has 0 radical (unpaired) electrons. The average Bonchev–Trinajstić information content (AvgIpc) is 3.20. The molecule has 0 bridgehead atoms. The van der Waals surface area contributed by atoms with Crippen molar-refractivity contribution in [1.29, 1.82) is 0 Å². The number of hydrogen-bond acceptors (Lipinski definition) is 7. The van der Waals surface area contributed by atoms with Gasteiger partial charge in [0.2, 0.25) is 0 Å². The summed E-state index contributed by atoms with van der Waals surface area (Å²) in [7, 11) is 1.61. The first-order valence-electron chi connectivity index (χ1n) is 12.1. The summed E-state index contributed by atoms with van der Waals surface area (Å²) >= 11 is 5.50. The van der Waals surface area contributed by atoms with Crippen molar-refractivity contribution >= 4 is 40.8 Å². The smallest absolute Gasteiger partial charge is 0.336 e. The number of ether oxygens (including phenoxy) is 2. The van der Waals surface area contributed by atoms with Gasteiger partial charge in [0, 0.05) is 35.6 Å². The number of benzene rings is 2. The normalized spacial score (nSPS) is 20.4. The van der Waals surface area contributed by atoms with E-state index in [0.717, 1.165) is 6.42 Å². The number of carbonyl (C=O) groups is 2. The molecule has 196 valence electrons. The van der Waals surface area contributed by atoms with Gasteiger partial charge < -0.3 is 29.6 Å². The van der Waals surface area contributed by atoms with Crippen LogP contribution < -0.4 is 16.1 Å². The van der Waals surface area contributed by atoms with E-state index >= 15 is 0 Å². The summed E-state index contributed by atoms with van der Waals surface area (Å²) in [5, 5.41) is 16.8. The first-order valence-corrected chi connectivity index (χ1v) is 12.5. The number of anilines is 1. The van der Waals surface area contributed by atoms with Gasteiger partial charge in [0.15, 0.2) is 16.3 Å². The van der Waals surface area contributed by atoms with Crippen LogP contribution in [0.3, 0.4) is 0 Å². The summed E-state index contributed by atoms with van der Waals surface area (Å²) in [6.07, 6.45) is 3.77. The Morgan fingerprint density at radius 3 is 2.71 bits per heavy atom. The Kier molecular flexibility index (Phi) is 7.11. The van der Waals surface area contributed by atoms with Crippen LogP contribution in [0, 0.1) is 0 Å². The van der Waals surface area contributed by atoms with Crippen molar-refractivity contribution in [3.63, 3.8) is 0 Å². The highest BCUT2D eigenvalue weighted by Gasteiger charge is 2.33. The van der Waals surface area contributed by atoms with Gasteiger partial charge in [-0.1, -0.05) is 6.07 Å². The largest absolute Gasteiger partial charge is 0.478 e. The number of rotatable bonds is 6. The number of fused-ring (bicyclic) bond motifs is 2. The van der Waals surface area contributed by atoms with Crippen molar-refractivity contribution in [1.82, 2.24) is 5.32 Å². The molecule has 1 aromatic carbocycles. The number of ketones is 1. The van der Waals surface area contributed by atoms with E-state index < -0.39 is 5.97 Å². The number of carbonyl (C=O) groups excluding carboxylic acids is 1. The molecule has 0 unspecified atom stereocenters. The van der Waals surface area contributed by atoms with Gasteiger partial charge in [-0.05, 0) is 67.5 Å². The maximum atomic E-state index is 12.4. The third-order valence-corrected chi connectivity index (χ3v) is 6.88. The number of aromatic carboxylic acids is 1. The summed E-state index contributed by atoms with van der Waals surface area (Å²) in [6.45, 7) is 2.42. The van der Waals surface area contributed by atoms with Crippen LogP contribution in [-0.2, 0) is 20.7 Å². The molecule has 1 aromatic rings. The van der Waals surface area contributed by atoms with Crippen LogP contribution in [0.4, 0.5) is 5.69 Å². The second-order valence-corrected chi connectivity index (χ2v) is 9.80. The van der Waals surface area contributed by atoms with Crippen molar-refractivity contribution in [2.24, 2.45) is 0 Å². The summed E-state index contributed by atoms with van der Waals surface area (Å²) in [5.41, 5.74) is 2.45. The molecular formula is C28H26N2O7S. The molecule has 2 heterocycles. The van der Waals surface area contributed by atoms with Gasteiger partial charge >= 0.3 is 5.97 Å². The summed E-state index contributed by atoms with van der Waals surface area (Å²) in [6, 6.07) is 9.23. The Hall–Kier alpha value is -3.86. The van der Waals surface area contributed by atoms with Crippen LogP contribution in [0.2, 0.25) is 0 Å². The highest BCUT2D eigenvalue weighted by Crippen LogP contribution is 2.42. The van der Waals surface area contributed by atoms with Crippen LogP contribution >= 0.6 is 12.2 Å². The zero-order valence-electron chi connectivity index (χ0n) is 20.8. The maximum Gasteiger partial charge on any atom is 0.336 e. The first-order chi connectivity index (χ1) is 18.2. The number of nitrogens with one attached hydrogen (secondary N) is 2. The van der Waals surface area contributed by atoms with E-state index in [0.29, 0.717) is 45.4 Å². The summed E-state index contributed by atoms with van der Waals surface area (Å²) in [5.74, 6) is -0.608. The van der Waals surface area contributed by atoms with Crippen LogP contribution in [0.15, 0.2) is 51.7 Å². The van der Waals surface area contributed by atoms with Crippen LogP contribution in [0.1, 0.15) is 35.0 Å². The second kappa shape index (κ2) is 10.5. The number of thiocarbonyl (C=S) groups is 1. The standard InChI is InChI=1S/C28H26N2O7S/c1-14-9-22(25(36-14)13-35-2)30-28(38)29-15-3-6-18(21(10-15)27(33)34)26-19-7-4-16(31)11-23(19)37-24-12-17(32)5-8-20(24)26/h3-8,10-11,14,22,25H,9,12-13H2,1-2H3,(H,33,34)(H2,29,30,38)/t14-,22-,25+/m0/s1. The fourth-order valence-corrected chi connectivity index (χ4v) is 5.31.